The van der Waals surface area contributed by atoms with Crippen molar-refractivity contribution in [3.63, 3.8) is 0 Å². The second kappa shape index (κ2) is 7.22. The van der Waals surface area contributed by atoms with Crippen LogP contribution in [0.3, 0.4) is 0 Å². The van der Waals surface area contributed by atoms with E-state index >= 15 is 0 Å². The van der Waals surface area contributed by atoms with Gasteiger partial charge in [0, 0.05) is 18.3 Å². The Hall–Kier alpha value is -1.88. The number of anilines is 2. The second-order valence-electron chi connectivity index (χ2n) is 5.55. The van der Waals surface area contributed by atoms with E-state index in [2.05, 4.69) is 22.9 Å². The lowest BCUT2D eigenvalue weighted by atomic mass is 9.90. The molecule has 2 rings (SSSR count). The lowest BCUT2D eigenvalue weighted by molar-refractivity contribution is -0.119. The van der Waals surface area contributed by atoms with E-state index in [0.717, 1.165) is 37.2 Å². The van der Waals surface area contributed by atoms with E-state index in [0.29, 0.717) is 5.92 Å². The second-order valence-corrected chi connectivity index (χ2v) is 5.55. The van der Waals surface area contributed by atoms with Crippen molar-refractivity contribution in [2.45, 2.75) is 39.2 Å². The van der Waals surface area contributed by atoms with Crippen LogP contribution in [-0.2, 0) is 9.59 Å². The van der Waals surface area contributed by atoms with Gasteiger partial charge in [-0.15, -0.1) is 0 Å². The number of rotatable bonds is 4. The molecule has 1 aromatic carbocycles. The number of carbonyl (C=O) groups is 2. The Labute approximate surface area is 125 Å². The molecule has 1 fully saturated rings. The van der Waals surface area contributed by atoms with Crippen LogP contribution in [0.4, 0.5) is 11.4 Å². The molecule has 0 saturated carbocycles. The van der Waals surface area contributed by atoms with Crippen molar-refractivity contribution in [2.75, 3.05) is 17.2 Å². The first kappa shape index (κ1) is 15.5. The third kappa shape index (κ3) is 4.56. The van der Waals surface area contributed by atoms with Gasteiger partial charge in [0.2, 0.25) is 11.8 Å². The fraction of sp³-hybridized carbons (Fsp3) is 0.500. The van der Waals surface area contributed by atoms with E-state index in [4.69, 9.17) is 0 Å². The summed E-state index contributed by atoms with van der Waals surface area (Å²) in [7, 11) is 0. The van der Waals surface area contributed by atoms with E-state index in [9.17, 15) is 9.59 Å². The lowest BCUT2D eigenvalue weighted by Crippen LogP contribution is -2.46. The fourth-order valence-electron chi connectivity index (χ4n) is 2.64. The van der Waals surface area contributed by atoms with Crippen LogP contribution in [0.2, 0.25) is 0 Å². The summed E-state index contributed by atoms with van der Waals surface area (Å²) in [6.45, 7) is 4.54. The highest BCUT2D eigenvalue weighted by molar-refractivity contribution is 5.95. The average Bonchev–Trinajstić information content (AvgIpc) is 2.49. The van der Waals surface area contributed by atoms with Gasteiger partial charge < -0.3 is 16.0 Å². The van der Waals surface area contributed by atoms with E-state index < -0.39 is 0 Å². The van der Waals surface area contributed by atoms with Gasteiger partial charge in [-0.3, -0.25) is 9.59 Å². The van der Waals surface area contributed by atoms with Crippen LogP contribution in [0.15, 0.2) is 24.3 Å². The molecule has 1 aliphatic rings. The first-order chi connectivity index (χ1) is 10.1. The summed E-state index contributed by atoms with van der Waals surface area (Å²) >= 11 is 0. The molecule has 1 aliphatic heterocycles. The van der Waals surface area contributed by atoms with Crippen LogP contribution in [0.1, 0.15) is 33.1 Å². The first-order valence-electron chi connectivity index (χ1n) is 7.50. The Morgan fingerprint density at radius 3 is 2.38 bits per heavy atom. The lowest BCUT2D eigenvalue weighted by Gasteiger charge is -2.28. The predicted octanol–water partition coefficient (Wildman–Crippen LogP) is 2.36. The summed E-state index contributed by atoms with van der Waals surface area (Å²) in [5, 5.41) is 8.89. The summed E-state index contributed by atoms with van der Waals surface area (Å²) < 4.78 is 0. The molecule has 2 unspecified atom stereocenters. The SMILES string of the molecule is CCC1CCNC(C(=O)Nc2ccc(NC(C)=O)cc2)C1. The third-order valence-electron chi connectivity index (χ3n) is 3.88. The molecule has 0 spiro atoms. The van der Waals surface area contributed by atoms with Crippen molar-refractivity contribution in [1.29, 1.82) is 0 Å². The molecule has 0 aliphatic carbocycles. The van der Waals surface area contributed by atoms with Gasteiger partial charge in [-0.2, -0.15) is 0 Å². The van der Waals surface area contributed by atoms with Gasteiger partial charge >= 0.3 is 0 Å². The number of carbonyl (C=O) groups excluding carboxylic acids is 2. The van der Waals surface area contributed by atoms with Crippen LogP contribution in [0.25, 0.3) is 0 Å². The van der Waals surface area contributed by atoms with Crippen LogP contribution in [-0.4, -0.2) is 24.4 Å². The Balaban J connectivity index is 1.91. The fourth-order valence-corrected chi connectivity index (χ4v) is 2.64. The van der Waals surface area contributed by atoms with Crippen molar-refractivity contribution in [3.8, 4) is 0 Å². The topological polar surface area (TPSA) is 70.2 Å². The van der Waals surface area contributed by atoms with Gasteiger partial charge in [0.05, 0.1) is 6.04 Å². The minimum atomic E-state index is -0.112. The number of hydrogen-bond donors (Lipinski definition) is 3. The molecule has 1 aromatic rings. The van der Waals surface area contributed by atoms with Crippen molar-refractivity contribution in [2.24, 2.45) is 5.92 Å². The Morgan fingerprint density at radius 2 is 1.81 bits per heavy atom. The van der Waals surface area contributed by atoms with Crippen LogP contribution in [0.5, 0.6) is 0 Å². The molecular formula is C16H23N3O2. The van der Waals surface area contributed by atoms with E-state index in [-0.39, 0.29) is 17.9 Å². The maximum absolute atomic E-state index is 12.2. The van der Waals surface area contributed by atoms with Crippen molar-refractivity contribution < 1.29 is 9.59 Å². The Kier molecular flexibility index (Phi) is 5.33. The molecule has 3 N–H and O–H groups in total. The molecule has 0 bridgehead atoms. The minimum absolute atomic E-state index is 0.0143. The molecule has 2 atom stereocenters. The average molecular weight is 289 g/mol. The molecule has 0 aromatic heterocycles. The largest absolute Gasteiger partial charge is 0.326 e. The molecule has 1 saturated heterocycles. The molecule has 114 valence electrons. The highest BCUT2D eigenvalue weighted by Crippen LogP contribution is 2.20. The van der Waals surface area contributed by atoms with Crippen molar-refractivity contribution >= 4 is 23.2 Å². The molecule has 2 amide bonds. The summed E-state index contributed by atoms with van der Waals surface area (Å²) in [6.07, 6.45) is 3.16. The van der Waals surface area contributed by atoms with E-state index in [1.807, 2.05) is 0 Å². The zero-order valence-corrected chi connectivity index (χ0v) is 12.6. The minimum Gasteiger partial charge on any atom is -0.326 e. The number of piperidine rings is 1. The Morgan fingerprint density at radius 1 is 1.19 bits per heavy atom. The van der Waals surface area contributed by atoms with Crippen molar-refractivity contribution in [1.82, 2.24) is 5.32 Å². The summed E-state index contributed by atoms with van der Waals surface area (Å²) in [5.41, 5.74) is 1.47. The monoisotopic (exact) mass is 289 g/mol. The van der Waals surface area contributed by atoms with Crippen LogP contribution in [0, 0.1) is 5.92 Å². The number of nitrogens with one attached hydrogen (secondary N) is 3. The summed E-state index contributed by atoms with van der Waals surface area (Å²) in [6, 6.07) is 7.03. The summed E-state index contributed by atoms with van der Waals surface area (Å²) in [5.74, 6) is 0.536. The van der Waals surface area contributed by atoms with Gasteiger partial charge in [0.15, 0.2) is 0 Å². The zero-order valence-electron chi connectivity index (χ0n) is 12.6. The molecule has 0 radical (unpaired) electrons. The maximum Gasteiger partial charge on any atom is 0.241 e. The number of amides is 2. The smallest absolute Gasteiger partial charge is 0.241 e. The maximum atomic E-state index is 12.2. The van der Waals surface area contributed by atoms with E-state index in [1.54, 1.807) is 24.3 Å². The quantitative estimate of drug-likeness (QED) is 0.797. The van der Waals surface area contributed by atoms with Gasteiger partial charge in [0.1, 0.15) is 0 Å². The van der Waals surface area contributed by atoms with Crippen LogP contribution >= 0.6 is 0 Å². The molecular weight excluding hydrogens is 266 g/mol. The number of benzene rings is 1. The van der Waals surface area contributed by atoms with E-state index in [1.165, 1.54) is 6.92 Å². The van der Waals surface area contributed by atoms with Gasteiger partial charge in [-0.25, -0.2) is 0 Å². The molecule has 5 heteroatoms. The Bertz CT molecular complexity index is 499. The molecule has 21 heavy (non-hydrogen) atoms. The molecule has 5 nitrogen and oxygen atoms in total. The highest BCUT2D eigenvalue weighted by atomic mass is 16.2. The van der Waals surface area contributed by atoms with Gasteiger partial charge in [-0.1, -0.05) is 13.3 Å². The third-order valence-corrected chi connectivity index (χ3v) is 3.88. The zero-order chi connectivity index (χ0) is 15.2. The number of hydrogen-bond acceptors (Lipinski definition) is 3. The van der Waals surface area contributed by atoms with Gasteiger partial charge in [0.25, 0.3) is 0 Å². The standard InChI is InChI=1S/C16H23N3O2/c1-3-12-8-9-17-15(10-12)16(21)19-14-6-4-13(5-7-14)18-11(2)20/h4-7,12,15,17H,3,8-10H2,1-2H3,(H,18,20)(H,19,21). The first-order valence-corrected chi connectivity index (χ1v) is 7.50. The normalized spacial score (nSPS) is 21.6. The van der Waals surface area contributed by atoms with Gasteiger partial charge in [-0.05, 0) is 49.6 Å². The van der Waals surface area contributed by atoms with Crippen LogP contribution < -0.4 is 16.0 Å². The highest BCUT2D eigenvalue weighted by Gasteiger charge is 2.25. The predicted molar refractivity (Wildman–Crippen MR) is 84.2 cm³/mol. The van der Waals surface area contributed by atoms with Crippen molar-refractivity contribution in [3.05, 3.63) is 24.3 Å². The molecule has 1 heterocycles. The summed E-state index contributed by atoms with van der Waals surface area (Å²) in [4.78, 5) is 23.2.